The third-order valence-corrected chi connectivity index (χ3v) is 7.13. The maximum Gasteiger partial charge on any atom is 0.237 e. The smallest absolute Gasteiger partial charge is 0.237 e. The van der Waals surface area contributed by atoms with Crippen molar-refractivity contribution in [2.45, 2.75) is 44.1 Å². The lowest BCUT2D eigenvalue weighted by atomic mass is 9.96. The number of carbonyl (C=O) groups excluding carboxylic acids is 1. The molecule has 0 radical (unpaired) electrons. The van der Waals surface area contributed by atoms with Crippen molar-refractivity contribution < 1.29 is 14.1 Å². The summed E-state index contributed by atoms with van der Waals surface area (Å²) >= 11 is 0. The molecule has 1 amide bonds. The Hall–Kier alpha value is -3.68. The van der Waals surface area contributed by atoms with Crippen molar-refractivity contribution in [2.75, 3.05) is 20.2 Å². The average Bonchev–Trinajstić information content (AvgIpc) is 3.27. The molecule has 0 N–H and O–H groups in total. The van der Waals surface area contributed by atoms with E-state index in [1.807, 2.05) is 39.8 Å². The summed E-state index contributed by atoms with van der Waals surface area (Å²) in [6.07, 6.45) is 6.50. The van der Waals surface area contributed by atoms with Crippen molar-refractivity contribution >= 4 is 16.9 Å². The molecular weight excluding hydrogens is 430 g/mol. The van der Waals surface area contributed by atoms with Gasteiger partial charge in [-0.2, -0.15) is 4.98 Å². The number of hydrogen-bond acceptors (Lipinski definition) is 6. The zero-order chi connectivity index (χ0) is 23.1. The predicted molar refractivity (Wildman–Crippen MR) is 126 cm³/mol. The van der Waals surface area contributed by atoms with Gasteiger partial charge in [0.25, 0.3) is 0 Å². The number of carbonyl (C=O) groups is 1. The Kier molecular flexibility index (Phi) is 5.08. The summed E-state index contributed by atoms with van der Waals surface area (Å²) in [5.74, 6) is 2.27. The first-order valence-electron chi connectivity index (χ1n) is 11.9. The molecule has 2 aromatic heterocycles. The van der Waals surface area contributed by atoms with Crippen molar-refractivity contribution in [3.63, 3.8) is 0 Å². The summed E-state index contributed by atoms with van der Waals surface area (Å²) in [7, 11) is 1.67. The predicted octanol–water partition coefficient (Wildman–Crippen LogP) is 4.19. The van der Waals surface area contributed by atoms with E-state index in [4.69, 9.17) is 14.2 Å². The standard InChI is InChI=1S/C26H27N5O3/c1-33-20-7-5-19(6-8-20)26(11-12-26)25-28-24(29-34-25)18-4-9-22-21(16-18)27-17-31(22)15-10-23(32)30-13-2-3-14-30/h4-9,16-17H,2-3,10-15H2,1H3. The Morgan fingerprint density at radius 3 is 2.65 bits per heavy atom. The van der Waals surface area contributed by atoms with Gasteiger partial charge >= 0.3 is 0 Å². The number of benzene rings is 2. The van der Waals surface area contributed by atoms with Gasteiger partial charge in [0.1, 0.15) is 5.75 Å². The molecule has 0 atom stereocenters. The Morgan fingerprint density at radius 1 is 1.12 bits per heavy atom. The van der Waals surface area contributed by atoms with E-state index in [9.17, 15) is 4.79 Å². The van der Waals surface area contributed by atoms with E-state index in [2.05, 4.69) is 22.3 Å². The van der Waals surface area contributed by atoms with Crippen molar-refractivity contribution in [1.29, 1.82) is 0 Å². The fraction of sp³-hybridized carbons (Fsp3) is 0.385. The number of ether oxygens (including phenoxy) is 1. The Morgan fingerprint density at radius 2 is 1.91 bits per heavy atom. The van der Waals surface area contributed by atoms with E-state index in [0.717, 1.165) is 61.1 Å². The maximum absolute atomic E-state index is 12.4. The molecule has 1 saturated heterocycles. The van der Waals surface area contributed by atoms with Crippen molar-refractivity contribution in [3.8, 4) is 17.1 Å². The number of aryl methyl sites for hydroxylation is 1. The van der Waals surface area contributed by atoms with Gasteiger partial charge < -0.3 is 18.7 Å². The van der Waals surface area contributed by atoms with Crippen LogP contribution in [0, 0.1) is 0 Å². The van der Waals surface area contributed by atoms with E-state index in [1.54, 1.807) is 13.4 Å². The SMILES string of the molecule is COc1ccc(C2(c3nc(-c4ccc5c(c4)ncn5CCC(=O)N4CCCC4)no3)CC2)cc1. The number of rotatable bonds is 7. The van der Waals surface area contributed by atoms with E-state index < -0.39 is 0 Å². The van der Waals surface area contributed by atoms with E-state index >= 15 is 0 Å². The molecule has 3 heterocycles. The molecule has 2 aromatic carbocycles. The third-order valence-electron chi connectivity index (χ3n) is 7.13. The van der Waals surface area contributed by atoms with Gasteiger partial charge in [-0.15, -0.1) is 0 Å². The second-order valence-corrected chi connectivity index (χ2v) is 9.21. The number of likely N-dealkylation sites (tertiary alicyclic amines) is 1. The molecule has 2 fully saturated rings. The lowest BCUT2D eigenvalue weighted by Crippen LogP contribution is -2.28. The lowest BCUT2D eigenvalue weighted by Gasteiger charge is -2.15. The highest BCUT2D eigenvalue weighted by atomic mass is 16.5. The topological polar surface area (TPSA) is 86.3 Å². The minimum atomic E-state index is -0.203. The Balaban J connectivity index is 1.20. The molecule has 0 bridgehead atoms. The zero-order valence-corrected chi connectivity index (χ0v) is 19.2. The second kappa shape index (κ2) is 8.27. The molecule has 8 nitrogen and oxygen atoms in total. The molecule has 1 saturated carbocycles. The van der Waals surface area contributed by atoms with E-state index in [-0.39, 0.29) is 11.3 Å². The molecule has 6 rings (SSSR count). The molecule has 1 aliphatic carbocycles. The third kappa shape index (κ3) is 3.63. The number of imidazole rings is 1. The summed E-state index contributed by atoms with van der Waals surface area (Å²) in [6, 6.07) is 14.1. The second-order valence-electron chi connectivity index (χ2n) is 9.21. The first-order valence-corrected chi connectivity index (χ1v) is 11.9. The van der Waals surface area contributed by atoms with Crippen LogP contribution < -0.4 is 4.74 Å². The molecule has 4 aromatic rings. The first-order chi connectivity index (χ1) is 16.7. The van der Waals surface area contributed by atoms with Crippen molar-refractivity contribution in [2.24, 2.45) is 0 Å². The Labute approximate surface area is 197 Å². The molecule has 0 unspecified atom stereocenters. The van der Waals surface area contributed by atoms with Crippen LogP contribution in [-0.2, 0) is 16.8 Å². The van der Waals surface area contributed by atoms with Crippen molar-refractivity contribution in [3.05, 3.63) is 60.2 Å². The minimum Gasteiger partial charge on any atom is -0.497 e. The van der Waals surface area contributed by atoms with Crippen LogP contribution in [0.2, 0.25) is 0 Å². The van der Waals surface area contributed by atoms with Gasteiger partial charge in [0, 0.05) is 31.6 Å². The van der Waals surface area contributed by atoms with Gasteiger partial charge in [0.05, 0.1) is 29.9 Å². The van der Waals surface area contributed by atoms with Crippen LogP contribution in [0.5, 0.6) is 5.75 Å². The highest BCUT2D eigenvalue weighted by Gasteiger charge is 2.51. The quantitative estimate of drug-likeness (QED) is 0.414. The number of methoxy groups -OCH3 is 1. The van der Waals surface area contributed by atoms with Crippen LogP contribution in [0.25, 0.3) is 22.4 Å². The Bertz CT molecular complexity index is 1330. The van der Waals surface area contributed by atoms with Crippen molar-refractivity contribution in [1.82, 2.24) is 24.6 Å². The normalized spacial score (nSPS) is 16.8. The van der Waals surface area contributed by atoms with Gasteiger partial charge in [-0.25, -0.2) is 4.98 Å². The maximum atomic E-state index is 12.4. The van der Waals surface area contributed by atoms with Gasteiger partial charge in [0.2, 0.25) is 17.6 Å². The minimum absolute atomic E-state index is 0.203. The van der Waals surface area contributed by atoms with Crippen LogP contribution in [-0.4, -0.2) is 50.7 Å². The van der Waals surface area contributed by atoms with Gasteiger partial charge in [-0.3, -0.25) is 4.79 Å². The number of nitrogens with zero attached hydrogens (tertiary/aromatic N) is 5. The monoisotopic (exact) mass is 457 g/mol. The number of fused-ring (bicyclic) bond motifs is 1. The number of aromatic nitrogens is 4. The molecule has 34 heavy (non-hydrogen) atoms. The summed E-state index contributed by atoms with van der Waals surface area (Å²) in [6.45, 7) is 2.40. The highest BCUT2D eigenvalue weighted by molar-refractivity contribution is 5.81. The highest BCUT2D eigenvalue weighted by Crippen LogP contribution is 2.53. The first kappa shape index (κ1) is 20.9. The van der Waals surface area contributed by atoms with Gasteiger partial charge in [0.15, 0.2) is 0 Å². The van der Waals surface area contributed by atoms with Crippen LogP contribution in [0.15, 0.2) is 53.3 Å². The summed E-state index contributed by atoms with van der Waals surface area (Å²) < 4.78 is 13.0. The summed E-state index contributed by atoms with van der Waals surface area (Å²) in [5.41, 5.74) is 3.69. The molecule has 8 heteroatoms. The van der Waals surface area contributed by atoms with Gasteiger partial charge in [-0.05, 0) is 61.6 Å². The van der Waals surface area contributed by atoms with Crippen LogP contribution >= 0.6 is 0 Å². The molecule has 2 aliphatic rings. The number of hydrogen-bond donors (Lipinski definition) is 0. The van der Waals surface area contributed by atoms with Crippen LogP contribution in [0.4, 0.5) is 0 Å². The van der Waals surface area contributed by atoms with E-state index in [1.165, 1.54) is 5.56 Å². The molecule has 0 spiro atoms. The number of amides is 1. The molecular formula is C26H27N5O3. The van der Waals surface area contributed by atoms with Crippen LogP contribution in [0.3, 0.4) is 0 Å². The molecule has 1 aliphatic heterocycles. The largest absolute Gasteiger partial charge is 0.497 e. The average molecular weight is 458 g/mol. The summed E-state index contributed by atoms with van der Waals surface area (Å²) in [5, 5.41) is 4.27. The van der Waals surface area contributed by atoms with E-state index in [0.29, 0.717) is 24.7 Å². The van der Waals surface area contributed by atoms with Crippen LogP contribution in [0.1, 0.15) is 43.6 Å². The molecule has 174 valence electrons. The zero-order valence-electron chi connectivity index (χ0n) is 19.2. The fourth-order valence-electron chi connectivity index (χ4n) is 4.92. The lowest BCUT2D eigenvalue weighted by molar-refractivity contribution is -0.130. The summed E-state index contributed by atoms with van der Waals surface area (Å²) in [4.78, 5) is 23.7. The van der Waals surface area contributed by atoms with Gasteiger partial charge in [-0.1, -0.05) is 17.3 Å². The fourth-order valence-corrected chi connectivity index (χ4v) is 4.92.